The molecular weight excluding hydrogens is 436 g/mol. The number of unbranched alkanes of at least 4 members (excludes halogenated alkanes) is 14. The van der Waals surface area contributed by atoms with Crippen LogP contribution in [-0.2, 0) is 9.59 Å². The third kappa shape index (κ3) is 23.0. The molecule has 0 aromatic rings. The Morgan fingerprint density at radius 3 is 1.06 bits per heavy atom. The summed E-state index contributed by atoms with van der Waals surface area (Å²) in [6.45, 7) is 6.18. The Morgan fingerprint density at radius 2 is 0.743 bits per heavy atom. The van der Waals surface area contributed by atoms with Gasteiger partial charge in [-0.3, -0.25) is 9.59 Å². The van der Waals surface area contributed by atoms with E-state index in [1.165, 1.54) is 77.0 Å². The van der Waals surface area contributed by atoms with Crippen LogP contribution in [0.25, 0.3) is 0 Å². The molecule has 0 aliphatic rings. The number of rotatable bonds is 24. The number of quaternary nitrogens is 2. The lowest BCUT2D eigenvalue weighted by Crippen LogP contribution is -2.58. The second-order valence-corrected chi connectivity index (χ2v) is 11.7. The summed E-state index contributed by atoms with van der Waals surface area (Å²) < 4.78 is 0.976. The lowest BCUT2D eigenvalue weighted by Gasteiger charge is -2.32. The van der Waals surface area contributed by atoms with Crippen LogP contribution < -0.4 is 10.9 Å². The average molecular weight is 499 g/mol. The molecule has 0 fully saturated rings. The number of nitrogens with zero attached hydrogens (tertiary/aromatic N) is 2. The van der Waals surface area contributed by atoms with E-state index >= 15 is 0 Å². The fourth-order valence-electron chi connectivity index (χ4n) is 4.60. The van der Waals surface area contributed by atoms with E-state index in [1.807, 2.05) is 28.2 Å². The molecule has 2 amide bonds. The lowest BCUT2D eigenvalue weighted by molar-refractivity contribution is -0.943. The monoisotopic (exact) mass is 498 g/mol. The molecular formula is C29H62N4O2+2. The molecule has 35 heavy (non-hydrogen) atoms. The van der Waals surface area contributed by atoms with E-state index in [0.717, 1.165) is 45.2 Å². The van der Waals surface area contributed by atoms with Gasteiger partial charge in [0.2, 0.25) is 0 Å². The van der Waals surface area contributed by atoms with Crippen LogP contribution in [-0.4, -0.2) is 62.3 Å². The van der Waals surface area contributed by atoms with Crippen LogP contribution in [0, 0.1) is 0 Å². The van der Waals surface area contributed by atoms with Gasteiger partial charge in [-0.25, -0.2) is 20.0 Å². The molecule has 0 aromatic heterocycles. The van der Waals surface area contributed by atoms with Crippen LogP contribution in [0.5, 0.6) is 0 Å². The molecule has 0 aliphatic heterocycles. The first-order valence-electron chi connectivity index (χ1n) is 14.9. The number of hydrogen-bond donors (Lipinski definition) is 2. The summed E-state index contributed by atoms with van der Waals surface area (Å²) in [6, 6.07) is 0. The maximum atomic E-state index is 12.4. The van der Waals surface area contributed by atoms with Gasteiger partial charge in [0.25, 0.3) is 11.8 Å². The summed E-state index contributed by atoms with van der Waals surface area (Å²) in [5, 5.41) is 0. The van der Waals surface area contributed by atoms with Crippen LogP contribution in [0.4, 0.5) is 0 Å². The first-order valence-corrected chi connectivity index (χ1v) is 14.9. The number of nitrogens with one attached hydrogen (secondary N) is 2. The molecule has 0 atom stereocenters. The van der Waals surface area contributed by atoms with Gasteiger partial charge in [0, 0.05) is 12.8 Å². The summed E-state index contributed by atoms with van der Waals surface area (Å²) in [5.74, 6) is 0.293. The van der Waals surface area contributed by atoms with Crippen molar-refractivity contribution in [1.82, 2.24) is 10.9 Å². The smallest absolute Gasteiger partial charge is 0.264 e. The van der Waals surface area contributed by atoms with Crippen molar-refractivity contribution in [2.24, 2.45) is 0 Å². The molecule has 0 spiro atoms. The van der Waals surface area contributed by atoms with Crippen LogP contribution in [0.3, 0.4) is 0 Å². The Balaban J connectivity index is 3.91. The summed E-state index contributed by atoms with van der Waals surface area (Å²) in [5.41, 5.74) is 6.32. The Bertz CT molecular complexity index is 489. The Labute approximate surface area is 218 Å². The van der Waals surface area contributed by atoms with Gasteiger partial charge in [0.15, 0.2) is 0 Å². The minimum atomic E-state index is 0.147. The number of hydrogen-bond acceptors (Lipinski definition) is 2. The van der Waals surface area contributed by atoms with Crippen LogP contribution in [0.1, 0.15) is 136 Å². The molecule has 6 heteroatoms. The molecule has 0 heterocycles. The highest BCUT2D eigenvalue weighted by Crippen LogP contribution is 2.11. The van der Waals surface area contributed by atoms with Crippen molar-refractivity contribution >= 4 is 11.8 Å². The molecule has 0 aromatic carbocycles. The van der Waals surface area contributed by atoms with Crippen LogP contribution in [0.15, 0.2) is 0 Å². The summed E-state index contributed by atoms with van der Waals surface area (Å²) in [6.07, 6.45) is 22.1. The normalized spacial score (nSPS) is 12.1. The van der Waals surface area contributed by atoms with E-state index in [1.54, 1.807) is 0 Å². The third-order valence-electron chi connectivity index (χ3n) is 6.80. The van der Waals surface area contributed by atoms with E-state index in [4.69, 9.17) is 0 Å². The zero-order chi connectivity index (χ0) is 26.4. The summed E-state index contributed by atoms with van der Waals surface area (Å²) in [4.78, 5) is 24.7. The Hall–Kier alpha value is -1.14. The maximum absolute atomic E-state index is 12.4. The highest BCUT2D eigenvalue weighted by molar-refractivity contribution is 5.74. The van der Waals surface area contributed by atoms with E-state index in [-0.39, 0.29) is 11.8 Å². The molecule has 0 unspecified atom stereocenters. The van der Waals surface area contributed by atoms with Gasteiger partial charge in [0.05, 0.1) is 34.6 Å². The van der Waals surface area contributed by atoms with Gasteiger partial charge >= 0.3 is 0 Å². The first-order chi connectivity index (χ1) is 16.6. The molecule has 0 radical (unpaired) electrons. The van der Waals surface area contributed by atoms with Gasteiger partial charge in [-0.1, -0.05) is 104 Å². The predicted molar refractivity (Wildman–Crippen MR) is 149 cm³/mol. The van der Waals surface area contributed by atoms with E-state index < -0.39 is 0 Å². The summed E-state index contributed by atoms with van der Waals surface area (Å²) in [7, 11) is 8.19. The second-order valence-electron chi connectivity index (χ2n) is 11.7. The average Bonchev–Trinajstić information content (AvgIpc) is 2.76. The van der Waals surface area contributed by atoms with Crippen LogP contribution in [0.2, 0.25) is 0 Å². The van der Waals surface area contributed by atoms with Gasteiger partial charge in [-0.05, 0) is 12.8 Å². The quantitative estimate of drug-likeness (QED) is 0.0889. The number of carbonyl (C=O) groups excluding carboxylic acids is 2. The van der Waals surface area contributed by atoms with E-state index in [2.05, 4.69) is 24.7 Å². The van der Waals surface area contributed by atoms with Gasteiger partial charge < -0.3 is 0 Å². The van der Waals surface area contributed by atoms with Gasteiger partial charge in [-0.15, -0.1) is 0 Å². The molecule has 0 bridgehead atoms. The van der Waals surface area contributed by atoms with Gasteiger partial charge in [-0.2, -0.15) is 0 Å². The molecule has 2 N–H and O–H groups in total. The molecule has 0 aliphatic carbocycles. The topological polar surface area (TPSA) is 58.2 Å². The minimum Gasteiger partial charge on any atom is -0.270 e. The fraction of sp³-hybridized carbons (Fsp3) is 0.931. The van der Waals surface area contributed by atoms with Crippen molar-refractivity contribution in [2.45, 2.75) is 136 Å². The predicted octanol–water partition coefficient (Wildman–Crippen LogP) is 6.65. The molecule has 6 nitrogen and oxygen atoms in total. The van der Waals surface area contributed by atoms with Crippen molar-refractivity contribution in [3.63, 3.8) is 0 Å². The fourth-order valence-corrected chi connectivity index (χ4v) is 4.60. The SMILES string of the molecule is CCCCCCCCCCC(=O)N[N+](C)(C)CCC[N+](C)(C)NC(=O)CCCCCCCCCC. The number of amides is 2. The van der Waals surface area contributed by atoms with E-state index in [0.29, 0.717) is 22.0 Å². The number of carbonyl (C=O) groups is 2. The highest BCUT2D eigenvalue weighted by Gasteiger charge is 2.23. The van der Waals surface area contributed by atoms with Crippen molar-refractivity contribution in [1.29, 1.82) is 0 Å². The zero-order valence-electron chi connectivity index (χ0n) is 24.6. The molecule has 0 rings (SSSR count). The minimum absolute atomic E-state index is 0.147. The Morgan fingerprint density at radius 1 is 0.457 bits per heavy atom. The van der Waals surface area contributed by atoms with Crippen LogP contribution >= 0.6 is 0 Å². The maximum Gasteiger partial charge on any atom is 0.264 e. The first kappa shape index (κ1) is 33.9. The van der Waals surface area contributed by atoms with Crippen molar-refractivity contribution in [3.8, 4) is 0 Å². The molecule has 0 saturated heterocycles. The largest absolute Gasteiger partial charge is 0.270 e. The van der Waals surface area contributed by atoms with E-state index in [9.17, 15) is 9.59 Å². The van der Waals surface area contributed by atoms with Gasteiger partial charge in [0.1, 0.15) is 13.1 Å². The second kappa shape index (κ2) is 21.0. The van der Waals surface area contributed by atoms with Crippen molar-refractivity contribution < 1.29 is 18.8 Å². The zero-order valence-corrected chi connectivity index (χ0v) is 24.6. The Kier molecular flexibility index (Phi) is 20.3. The van der Waals surface area contributed by atoms with Crippen molar-refractivity contribution in [2.75, 3.05) is 41.3 Å². The highest BCUT2D eigenvalue weighted by atomic mass is 16.2. The third-order valence-corrected chi connectivity index (χ3v) is 6.80. The lowest BCUT2D eigenvalue weighted by atomic mass is 10.1. The molecule has 0 saturated carbocycles. The molecule has 208 valence electrons. The standard InChI is InChI=1S/C29H60N4O2/c1-7-9-11-13-15-17-19-21-24-28(34)30-32(3,4)26-23-27-33(5,6)31-29(35)25-22-20-18-16-14-12-10-8-2/h7-27H2,1-6H3/p+2. The van der Waals surface area contributed by atoms with Crippen molar-refractivity contribution in [3.05, 3.63) is 0 Å². The summed E-state index contributed by atoms with van der Waals surface area (Å²) >= 11 is 0.